The number of carbonyl (C=O) groups is 3. The van der Waals surface area contributed by atoms with Crippen molar-refractivity contribution < 1.29 is 42.5 Å². The number of ether oxygens (including phenoxy) is 5. The minimum absolute atomic E-state index is 0.106. The number of methoxy groups -OCH3 is 1. The van der Waals surface area contributed by atoms with Crippen LogP contribution in [0, 0.1) is 28.1 Å². The highest BCUT2D eigenvalue weighted by atomic mass is 16.6. The zero-order valence-electron chi connectivity index (χ0n) is 27.9. The van der Waals surface area contributed by atoms with Gasteiger partial charge in [0.2, 0.25) is 0 Å². The average Bonchev–Trinajstić information content (AvgIpc) is 3.82. The van der Waals surface area contributed by atoms with Gasteiger partial charge in [0.1, 0.15) is 12.2 Å². The standard InChI is InChI=1S/C38H44O9/c1-21-25(24-14-15-43-19-24)16-26-32(21)38(5)27(17-31(41)42-6)37(4)29(47-30(40)13-12-23-10-8-7-9-11-23)18-28(45-22(2)39)36(3)20-44-33(34(36)37)35(38)46-26/h7-15,19,25-29,33-35H,16-18,20H2,1-6H3/t25-,26-,27-,28-,29+,33-,34+,35-,36-,37+,38-/m1/s1. The van der Waals surface area contributed by atoms with E-state index in [2.05, 4.69) is 27.7 Å². The number of esters is 3. The predicted molar refractivity (Wildman–Crippen MR) is 171 cm³/mol. The molecule has 0 unspecified atom stereocenters. The molecule has 3 aliphatic carbocycles. The summed E-state index contributed by atoms with van der Waals surface area (Å²) in [7, 11) is 1.41. The molecule has 7 rings (SSSR count). The van der Waals surface area contributed by atoms with E-state index in [4.69, 9.17) is 28.1 Å². The number of allylic oxidation sites excluding steroid dienone is 1. The molecule has 47 heavy (non-hydrogen) atoms. The molecule has 0 amide bonds. The van der Waals surface area contributed by atoms with Gasteiger partial charge in [-0.1, -0.05) is 56.7 Å². The number of hydrogen-bond acceptors (Lipinski definition) is 9. The van der Waals surface area contributed by atoms with E-state index in [1.54, 1.807) is 18.6 Å². The molecule has 2 aliphatic heterocycles. The summed E-state index contributed by atoms with van der Waals surface area (Å²) < 4.78 is 37.0. The van der Waals surface area contributed by atoms with Crippen molar-refractivity contribution in [3.63, 3.8) is 0 Å². The zero-order chi connectivity index (χ0) is 33.3. The van der Waals surface area contributed by atoms with E-state index in [1.165, 1.54) is 31.3 Å². The number of benzene rings is 1. The van der Waals surface area contributed by atoms with Crippen molar-refractivity contribution >= 4 is 24.0 Å². The SMILES string of the molecule is COC(=O)C[C@H]1[C@]2(C)C3=C(C)[C@H](c4ccoc4)C[C@H]3O[C@@H]2[C@@H]2OC[C@]3(C)[C@H](OC(C)=O)C[C@H](OC(=O)C=Cc4ccccc4)[C@@]1(C)[C@@H]23. The van der Waals surface area contributed by atoms with Crippen molar-refractivity contribution in [2.45, 2.75) is 90.3 Å². The largest absolute Gasteiger partial charge is 0.472 e. The Balaban J connectivity index is 1.36. The fourth-order valence-corrected chi connectivity index (χ4v) is 10.6. The van der Waals surface area contributed by atoms with E-state index in [0.29, 0.717) is 6.61 Å². The first kappa shape index (κ1) is 31.9. The van der Waals surface area contributed by atoms with Crippen LogP contribution < -0.4 is 0 Å². The summed E-state index contributed by atoms with van der Waals surface area (Å²) in [5, 5.41) is 0. The van der Waals surface area contributed by atoms with E-state index < -0.39 is 40.4 Å². The molecule has 5 aliphatic rings. The highest BCUT2D eigenvalue weighted by Gasteiger charge is 2.78. The molecule has 0 radical (unpaired) electrons. The van der Waals surface area contributed by atoms with Crippen molar-refractivity contribution in [1.29, 1.82) is 0 Å². The second-order valence-corrected chi connectivity index (χ2v) is 14.7. The maximum absolute atomic E-state index is 13.6. The highest BCUT2D eigenvalue weighted by Crippen LogP contribution is 2.74. The van der Waals surface area contributed by atoms with Crippen molar-refractivity contribution in [2.24, 2.45) is 28.1 Å². The van der Waals surface area contributed by atoms with Crippen LogP contribution in [0.4, 0.5) is 0 Å². The third-order valence-corrected chi connectivity index (χ3v) is 12.5. The first-order chi connectivity index (χ1) is 22.4. The summed E-state index contributed by atoms with van der Waals surface area (Å²) in [5.74, 6) is -1.70. The fourth-order valence-electron chi connectivity index (χ4n) is 10.6. The van der Waals surface area contributed by atoms with Crippen molar-refractivity contribution in [2.75, 3.05) is 13.7 Å². The third-order valence-electron chi connectivity index (χ3n) is 12.5. The quantitative estimate of drug-likeness (QED) is 0.154. The van der Waals surface area contributed by atoms with Crippen molar-refractivity contribution in [3.8, 4) is 0 Å². The Kier molecular flexibility index (Phi) is 7.79. The molecule has 2 saturated carbocycles. The molecule has 9 nitrogen and oxygen atoms in total. The Labute approximate surface area is 275 Å². The van der Waals surface area contributed by atoms with Crippen LogP contribution in [-0.2, 0) is 38.1 Å². The lowest BCUT2D eigenvalue weighted by Crippen LogP contribution is -2.71. The first-order valence-electron chi connectivity index (χ1n) is 16.6. The van der Waals surface area contributed by atoms with Crippen molar-refractivity contribution in [3.05, 3.63) is 77.3 Å². The van der Waals surface area contributed by atoms with Gasteiger partial charge in [-0.25, -0.2) is 4.79 Å². The van der Waals surface area contributed by atoms with Gasteiger partial charge in [-0.3, -0.25) is 9.59 Å². The minimum atomic E-state index is -0.776. The summed E-state index contributed by atoms with van der Waals surface area (Å²) in [4.78, 5) is 39.5. The molecule has 3 heterocycles. The van der Waals surface area contributed by atoms with Crippen LogP contribution in [0.3, 0.4) is 0 Å². The van der Waals surface area contributed by atoms with Gasteiger partial charge < -0.3 is 28.1 Å². The molecule has 0 spiro atoms. The third kappa shape index (κ3) is 4.75. The smallest absolute Gasteiger partial charge is 0.331 e. The van der Waals surface area contributed by atoms with Crippen molar-refractivity contribution in [1.82, 2.24) is 0 Å². The van der Waals surface area contributed by atoms with Gasteiger partial charge in [-0.2, -0.15) is 0 Å². The van der Waals surface area contributed by atoms with Gasteiger partial charge in [-0.05, 0) is 48.1 Å². The zero-order valence-corrected chi connectivity index (χ0v) is 27.9. The van der Waals surface area contributed by atoms with Crippen LogP contribution in [0.1, 0.15) is 70.9 Å². The molecule has 4 fully saturated rings. The molecule has 0 N–H and O–H groups in total. The molecule has 2 saturated heterocycles. The van der Waals surface area contributed by atoms with E-state index in [-0.39, 0.29) is 54.9 Å². The number of fused-ring (bicyclic) bond motifs is 4. The van der Waals surface area contributed by atoms with Gasteiger partial charge >= 0.3 is 17.9 Å². The molecular formula is C38H44O9. The molecule has 2 aromatic rings. The highest BCUT2D eigenvalue weighted by molar-refractivity contribution is 5.87. The van der Waals surface area contributed by atoms with E-state index in [9.17, 15) is 14.4 Å². The molecule has 11 atom stereocenters. The summed E-state index contributed by atoms with van der Waals surface area (Å²) in [6, 6.07) is 11.5. The molecule has 1 aromatic heterocycles. The van der Waals surface area contributed by atoms with Crippen LogP contribution >= 0.6 is 0 Å². The average molecular weight is 645 g/mol. The summed E-state index contributed by atoms with van der Waals surface area (Å²) in [5.41, 5.74) is 2.36. The summed E-state index contributed by atoms with van der Waals surface area (Å²) >= 11 is 0. The van der Waals surface area contributed by atoms with E-state index in [1.807, 2.05) is 36.4 Å². The molecular weight excluding hydrogens is 600 g/mol. The molecule has 250 valence electrons. The monoisotopic (exact) mass is 644 g/mol. The maximum Gasteiger partial charge on any atom is 0.331 e. The topological polar surface area (TPSA) is 111 Å². The Morgan fingerprint density at radius 1 is 1.02 bits per heavy atom. The number of hydrogen-bond donors (Lipinski definition) is 0. The molecule has 0 bridgehead atoms. The lowest BCUT2D eigenvalue weighted by Gasteiger charge is -2.65. The first-order valence-corrected chi connectivity index (χ1v) is 16.6. The van der Waals surface area contributed by atoms with Crippen LogP contribution in [0.2, 0.25) is 0 Å². The molecule has 1 aromatic carbocycles. The number of rotatable bonds is 7. The van der Waals surface area contributed by atoms with Crippen LogP contribution in [-0.4, -0.2) is 62.1 Å². The Morgan fingerprint density at radius 3 is 2.47 bits per heavy atom. The Hall–Kier alpha value is -3.69. The van der Waals surface area contributed by atoms with E-state index >= 15 is 0 Å². The Morgan fingerprint density at radius 2 is 1.79 bits per heavy atom. The number of carbonyl (C=O) groups excluding carboxylic acids is 3. The maximum atomic E-state index is 13.6. The van der Waals surface area contributed by atoms with Gasteiger partial charge in [-0.15, -0.1) is 0 Å². The van der Waals surface area contributed by atoms with Gasteiger partial charge in [0.25, 0.3) is 0 Å². The summed E-state index contributed by atoms with van der Waals surface area (Å²) in [6.45, 7) is 10.4. The normalized spacial score (nSPS) is 40.1. The lowest BCUT2D eigenvalue weighted by molar-refractivity contribution is -0.251. The van der Waals surface area contributed by atoms with E-state index in [0.717, 1.165) is 17.5 Å². The summed E-state index contributed by atoms with van der Waals surface area (Å²) in [6.07, 6.45) is 5.65. The van der Waals surface area contributed by atoms with Crippen LogP contribution in [0.25, 0.3) is 6.08 Å². The van der Waals surface area contributed by atoms with Crippen LogP contribution in [0.15, 0.2) is 70.6 Å². The number of furan rings is 1. The second-order valence-electron chi connectivity index (χ2n) is 14.7. The molecule has 9 heteroatoms. The van der Waals surface area contributed by atoms with Gasteiger partial charge in [0, 0.05) is 53.9 Å². The minimum Gasteiger partial charge on any atom is -0.472 e. The fraction of sp³-hybridized carbons (Fsp3) is 0.553. The predicted octanol–water partition coefficient (Wildman–Crippen LogP) is 6.04. The van der Waals surface area contributed by atoms with Gasteiger partial charge in [0.15, 0.2) is 0 Å². The lowest BCUT2D eigenvalue weighted by atomic mass is 9.40. The van der Waals surface area contributed by atoms with Crippen LogP contribution in [0.5, 0.6) is 0 Å². The second kappa shape index (κ2) is 11.5. The Bertz CT molecular complexity index is 1610. The van der Waals surface area contributed by atoms with Gasteiger partial charge in [0.05, 0.1) is 44.6 Å².